The van der Waals surface area contributed by atoms with Gasteiger partial charge in [-0.3, -0.25) is 14.0 Å². The van der Waals surface area contributed by atoms with Crippen molar-refractivity contribution in [2.24, 2.45) is 0 Å². The summed E-state index contributed by atoms with van der Waals surface area (Å²) in [6, 6.07) is 10.5. The molecule has 1 aromatic carbocycles. The molecule has 1 N–H and O–H groups in total. The number of hydrogen-bond acceptors (Lipinski definition) is 5. The fourth-order valence-corrected chi connectivity index (χ4v) is 2.45. The quantitative estimate of drug-likeness (QED) is 0.764. The maximum Gasteiger partial charge on any atom is 0.270 e. The molecule has 0 fully saturated rings. The normalized spacial score (nSPS) is 10.5. The first-order chi connectivity index (χ1) is 12.1. The number of aromatic nitrogens is 2. The van der Waals surface area contributed by atoms with Crippen molar-refractivity contribution in [3.05, 3.63) is 70.3 Å². The highest BCUT2D eigenvalue weighted by atomic mass is 16.5. The SMILES string of the molecule is COc1ccc(CNC(=O)c2cnc3ccccn3c2=O)cc1OC. The summed E-state index contributed by atoms with van der Waals surface area (Å²) in [5.41, 5.74) is 0.892. The van der Waals surface area contributed by atoms with Gasteiger partial charge in [0.2, 0.25) is 0 Å². The number of fused-ring (bicyclic) bond motifs is 1. The van der Waals surface area contributed by atoms with Crippen LogP contribution in [0.15, 0.2) is 53.6 Å². The van der Waals surface area contributed by atoms with E-state index < -0.39 is 11.5 Å². The highest BCUT2D eigenvalue weighted by Crippen LogP contribution is 2.27. The van der Waals surface area contributed by atoms with Gasteiger partial charge >= 0.3 is 0 Å². The van der Waals surface area contributed by atoms with Crippen molar-refractivity contribution in [3.8, 4) is 11.5 Å². The second-order valence-electron chi connectivity index (χ2n) is 5.28. The van der Waals surface area contributed by atoms with Crippen molar-refractivity contribution < 1.29 is 14.3 Å². The third-order valence-corrected chi connectivity index (χ3v) is 3.76. The highest BCUT2D eigenvalue weighted by molar-refractivity contribution is 5.93. The molecule has 0 spiro atoms. The lowest BCUT2D eigenvalue weighted by Gasteiger charge is -2.10. The van der Waals surface area contributed by atoms with Gasteiger partial charge in [-0.2, -0.15) is 0 Å². The second kappa shape index (κ2) is 7.04. The van der Waals surface area contributed by atoms with Crippen molar-refractivity contribution in [1.29, 1.82) is 0 Å². The van der Waals surface area contributed by atoms with E-state index in [0.717, 1.165) is 5.56 Å². The zero-order valence-corrected chi connectivity index (χ0v) is 13.9. The Balaban J connectivity index is 1.79. The van der Waals surface area contributed by atoms with Crippen molar-refractivity contribution >= 4 is 11.6 Å². The Labute approximate surface area is 143 Å². The van der Waals surface area contributed by atoms with Gasteiger partial charge in [0.05, 0.1) is 14.2 Å². The maximum atomic E-state index is 12.4. The Morgan fingerprint density at radius 3 is 2.72 bits per heavy atom. The van der Waals surface area contributed by atoms with Crippen molar-refractivity contribution in [2.45, 2.75) is 6.54 Å². The molecule has 2 aromatic heterocycles. The number of carbonyl (C=O) groups is 1. The molecule has 7 heteroatoms. The van der Waals surface area contributed by atoms with E-state index in [9.17, 15) is 9.59 Å². The van der Waals surface area contributed by atoms with Gasteiger partial charge in [-0.25, -0.2) is 4.98 Å². The zero-order valence-electron chi connectivity index (χ0n) is 13.9. The largest absolute Gasteiger partial charge is 0.493 e. The predicted octanol–water partition coefficient (Wildman–Crippen LogP) is 1.64. The second-order valence-corrected chi connectivity index (χ2v) is 5.28. The summed E-state index contributed by atoms with van der Waals surface area (Å²) in [5, 5.41) is 2.72. The van der Waals surface area contributed by atoms with E-state index in [2.05, 4.69) is 10.3 Å². The minimum absolute atomic E-state index is 0.0100. The summed E-state index contributed by atoms with van der Waals surface area (Å²) in [4.78, 5) is 28.9. The van der Waals surface area contributed by atoms with E-state index in [1.807, 2.05) is 6.07 Å². The van der Waals surface area contributed by atoms with Gasteiger partial charge in [-0.05, 0) is 29.8 Å². The average Bonchev–Trinajstić information content (AvgIpc) is 2.66. The molecular formula is C18H17N3O4. The van der Waals surface area contributed by atoms with Gasteiger partial charge in [0.1, 0.15) is 11.2 Å². The lowest BCUT2D eigenvalue weighted by atomic mass is 10.2. The predicted molar refractivity (Wildman–Crippen MR) is 92.2 cm³/mol. The van der Waals surface area contributed by atoms with E-state index in [0.29, 0.717) is 17.1 Å². The van der Waals surface area contributed by atoms with Crippen molar-refractivity contribution in [2.75, 3.05) is 14.2 Å². The summed E-state index contributed by atoms with van der Waals surface area (Å²) in [6.07, 6.45) is 2.87. The van der Waals surface area contributed by atoms with Crippen LogP contribution in [-0.4, -0.2) is 29.5 Å². The van der Waals surface area contributed by atoms with Crippen molar-refractivity contribution in [3.63, 3.8) is 0 Å². The standard InChI is InChI=1S/C18H17N3O4/c1-24-14-7-6-12(9-15(14)25-2)10-20-17(22)13-11-19-16-5-3-4-8-21(16)18(13)23/h3-9,11H,10H2,1-2H3,(H,20,22). The third-order valence-electron chi connectivity index (χ3n) is 3.76. The Kier molecular flexibility index (Phi) is 4.65. The molecule has 128 valence electrons. The number of pyridine rings is 1. The maximum absolute atomic E-state index is 12.4. The smallest absolute Gasteiger partial charge is 0.270 e. The number of amides is 1. The first-order valence-corrected chi connectivity index (χ1v) is 7.59. The first kappa shape index (κ1) is 16.5. The van der Waals surface area contributed by atoms with Crippen LogP contribution in [0.5, 0.6) is 11.5 Å². The Bertz CT molecular complexity index is 981. The van der Waals surface area contributed by atoms with Crippen LogP contribution in [-0.2, 0) is 6.54 Å². The summed E-state index contributed by atoms with van der Waals surface area (Å²) < 4.78 is 11.8. The molecule has 0 atom stereocenters. The van der Waals surface area contributed by atoms with E-state index in [4.69, 9.17) is 9.47 Å². The van der Waals surface area contributed by atoms with Crippen LogP contribution in [0.2, 0.25) is 0 Å². The molecule has 0 unspecified atom stereocenters. The van der Waals surface area contributed by atoms with E-state index in [1.165, 1.54) is 10.6 Å². The van der Waals surface area contributed by atoms with Crippen molar-refractivity contribution in [1.82, 2.24) is 14.7 Å². The summed E-state index contributed by atoms with van der Waals surface area (Å²) in [7, 11) is 3.10. The van der Waals surface area contributed by atoms with E-state index >= 15 is 0 Å². The molecule has 0 radical (unpaired) electrons. The van der Waals surface area contributed by atoms with Gasteiger partial charge < -0.3 is 14.8 Å². The Morgan fingerprint density at radius 1 is 1.16 bits per heavy atom. The number of nitrogens with zero attached hydrogens (tertiary/aromatic N) is 2. The van der Waals surface area contributed by atoms with Crippen LogP contribution >= 0.6 is 0 Å². The average molecular weight is 339 g/mol. The minimum atomic E-state index is -0.481. The molecule has 3 rings (SSSR count). The molecule has 0 aliphatic carbocycles. The number of methoxy groups -OCH3 is 2. The minimum Gasteiger partial charge on any atom is -0.493 e. The van der Waals surface area contributed by atoms with Gasteiger partial charge in [0.15, 0.2) is 11.5 Å². The van der Waals surface area contributed by atoms with Crippen LogP contribution < -0.4 is 20.3 Å². The molecule has 0 saturated carbocycles. The van der Waals surface area contributed by atoms with Crippen LogP contribution in [0.3, 0.4) is 0 Å². The summed E-state index contributed by atoms with van der Waals surface area (Å²) in [5.74, 6) is 0.696. The molecule has 0 aliphatic heterocycles. The fraction of sp³-hybridized carbons (Fsp3) is 0.167. The molecule has 7 nitrogen and oxygen atoms in total. The zero-order chi connectivity index (χ0) is 17.8. The monoisotopic (exact) mass is 339 g/mol. The summed E-state index contributed by atoms with van der Waals surface area (Å²) in [6.45, 7) is 0.246. The van der Waals surface area contributed by atoms with Crippen LogP contribution in [0.25, 0.3) is 5.65 Å². The lowest BCUT2D eigenvalue weighted by molar-refractivity contribution is 0.0949. The fourth-order valence-electron chi connectivity index (χ4n) is 2.45. The van der Waals surface area contributed by atoms with Crippen LogP contribution in [0.1, 0.15) is 15.9 Å². The van der Waals surface area contributed by atoms with Gasteiger partial charge in [0, 0.05) is 18.9 Å². The highest BCUT2D eigenvalue weighted by Gasteiger charge is 2.13. The Hall–Kier alpha value is -3.35. The molecule has 0 saturated heterocycles. The molecule has 2 heterocycles. The number of ether oxygens (including phenoxy) is 2. The van der Waals surface area contributed by atoms with Crippen LogP contribution in [0, 0.1) is 0 Å². The lowest BCUT2D eigenvalue weighted by Crippen LogP contribution is -2.31. The summed E-state index contributed by atoms with van der Waals surface area (Å²) >= 11 is 0. The molecule has 3 aromatic rings. The number of nitrogens with one attached hydrogen (secondary N) is 1. The van der Waals surface area contributed by atoms with Gasteiger partial charge in [-0.1, -0.05) is 12.1 Å². The van der Waals surface area contributed by atoms with Crippen LogP contribution in [0.4, 0.5) is 0 Å². The van der Waals surface area contributed by atoms with E-state index in [1.54, 1.807) is 50.7 Å². The third kappa shape index (κ3) is 3.30. The number of rotatable bonds is 5. The molecule has 1 amide bonds. The molecule has 0 bridgehead atoms. The molecule has 25 heavy (non-hydrogen) atoms. The number of carbonyl (C=O) groups excluding carboxylic acids is 1. The number of hydrogen-bond donors (Lipinski definition) is 1. The first-order valence-electron chi connectivity index (χ1n) is 7.59. The van der Waals surface area contributed by atoms with Gasteiger partial charge in [-0.15, -0.1) is 0 Å². The van der Waals surface area contributed by atoms with E-state index in [-0.39, 0.29) is 12.1 Å². The van der Waals surface area contributed by atoms with Gasteiger partial charge in [0.25, 0.3) is 11.5 Å². The molecule has 0 aliphatic rings. The topological polar surface area (TPSA) is 81.9 Å². The number of benzene rings is 1. The Morgan fingerprint density at radius 2 is 1.96 bits per heavy atom. The molecular weight excluding hydrogens is 322 g/mol.